The fraction of sp³-hybridized carbons (Fsp3) is 0.160. The van der Waals surface area contributed by atoms with E-state index in [1.807, 2.05) is 0 Å². The Morgan fingerprint density at radius 2 is 1.85 bits per heavy atom. The molecule has 0 aliphatic carbocycles. The summed E-state index contributed by atoms with van der Waals surface area (Å²) in [4.78, 5) is 32.3. The summed E-state index contributed by atoms with van der Waals surface area (Å²) in [5.41, 5.74) is 1.75. The molecule has 0 saturated carbocycles. The van der Waals surface area contributed by atoms with Gasteiger partial charge in [-0.25, -0.2) is 0 Å². The Hall–Kier alpha value is -3.84. The highest BCUT2D eigenvalue weighted by Gasteiger charge is 2.48. The SMILES string of the molecule is COc1ccc(OC)c(/C(O)=C2\C(=O)C(=O)N(c3ccc(Cl)cc3C)C2c2ccccn2)c1. The molecule has 3 aromatic rings. The summed E-state index contributed by atoms with van der Waals surface area (Å²) in [5.74, 6) is -1.22. The minimum atomic E-state index is -0.956. The van der Waals surface area contributed by atoms with E-state index in [4.69, 9.17) is 21.1 Å². The van der Waals surface area contributed by atoms with Crippen LogP contribution in [-0.2, 0) is 9.59 Å². The monoisotopic (exact) mass is 464 g/mol. The normalized spacial score (nSPS) is 17.3. The summed E-state index contributed by atoms with van der Waals surface area (Å²) in [6, 6.07) is 14.1. The number of Topliss-reactive ketones (excluding diaryl/α,β-unsaturated/α-hetero) is 1. The molecular weight excluding hydrogens is 444 g/mol. The number of nitrogens with zero attached hydrogens (tertiary/aromatic N) is 2. The maximum atomic E-state index is 13.3. The van der Waals surface area contributed by atoms with E-state index in [1.54, 1.807) is 67.7 Å². The number of benzene rings is 2. The molecule has 0 spiro atoms. The van der Waals surface area contributed by atoms with Gasteiger partial charge in [-0.3, -0.25) is 19.5 Å². The Kier molecular flexibility index (Phi) is 6.07. The molecule has 1 amide bonds. The molecule has 0 radical (unpaired) electrons. The average molecular weight is 465 g/mol. The molecule has 7 nitrogen and oxygen atoms in total. The van der Waals surface area contributed by atoms with Crippen molar-refractivity contribution in [1.82, 2.24) is 4.98 Å². The van der Waals surface area contributed by atoms with Crippen LogP contribution in [0.1, 0.15) is 22.9 Å². The lowest BCUT2D eigenvalue weighted by Gasteiger charge is -2.26. The molecule has 1 unspecified atom stereocenters. The van der Waals surface area contributed by atoms with Crippen LogP contribution in [0.15, 0.2) is 66.4 Å². The van der Waals surface area contributed by atoms with Crippen molar-refractivity contribution in [2.75, 3.05) is 19.1 Å². The van der Waals surface area contributed by atoms with Crippen molar-refractivity contribution in [3.63, 3.8) is 0 Å². The van der Waals surface area contributed by atoms with Crippen LogP contribution in [0.2, 0.25) is 5.02 Å². The second-order valence-corrected chi connectivity index (χ2v) is 7.86. The van der Waals surface area contributed by atoms with E-state index in [1.165, 1.54) is 19.1 Å². The first-order valence-electron chi connectivity index (χ1n) is 10.1. The van der Waals surface area contributed by atoms with Crippen LogP contribution < -0.4 is 14.4 Å². The summed E-state index contributed by atoms with van der Waals surface area (Å²) in [6.45, 7) is 1.79. The molecule has 1 N–H and O–H groups in total. The second-order valence-electron chi connectivity index (χ2n) is 7.42. The lowest BCUT2D eigenvalue weighted by molar-refractivity contribution is -0.132. The summed E-state index contributed by atoms with van der Waals surface area (Å²) < 4.78 is 10.7. The summed E-state index contributed by atoms with van der Waals surface area (Å²) in [6.07, 6.45) is 1.57. The van der Waals surface area contributed by atoms with E-state index in [-0.39, 0.29) is 16.9 Å². The first-order chi connectivity index (χ1) is 15.9. The predicted molar refractivity (Wildman–Crippen MR) is 125 cm³/mol. The van der Waals surface area contributed by atoms with Crippen LogP contribution in [0.3, 0.4) is 0 Å². The number of rotatable bonds is 5. The molecule has 1 saturated heterocycles. The smallest absolute Gasteiger partial charge is 0.300 e. The number of hydrogen-bond acceptors (Lipinski definition) is 6. The topological polar surface area (TPSA) is 89.0 Å². The zero-order valence-electron chi connectivity index (χ0n) is 18.2. The molecule has 1 fully saturated rings. The minimum absolute atomic E-state index is 0.0976. The van der Waals surface area contributed by atoms with Gasteiger partial charge in [0.25, 0.3) is 11.7 Å². The van der Waals surface area contributed by atoms with Crippen molar-refractivity contribution in [2.45, 2.75) is 13.0 Å². The Morgan fingerprint density at radius 3 is 2.48 bits per heavy atom. The number of anilines is 1. The molecule has 8 heteroatoms. The number of methoxy groups -OCH3 is 2. The number of aromatic nitrogens is 1. The average Bonchev–Trinajstić information content (AvgIpc) is 3.09. The number of aryl methyl sites for hydroxylation is 1. The highest BCUT2D eigenvalue weighted by molar-refractivity contribution is 6.51. The molecule has 2 heterocycles. The standard InChI is InChI=1S/C25H21ClN2O5/c1-14-12-15(26)7-9-19(14)28-22(18-6-4-5-11-27-18)21(24(30)25(28)31)23(29)17-13-16(32-2)8-10-20(17)33-3/h4-13,22,29H,1-3H3/b23-21+. The van der Waals surface area contributed by atoms with Crippen LogP contribution in [0, 0.1) is 6.92 Å². The number of aliphatic hydroxyl groups excluding tert-OH is 1. The molecule has 4 rings (SSSR count). The van der Waals surface area contributed by atoms with Gasteiger partial charge >= 0.3 is 0 Å². The lowest BCUT2D eigenvalue weighted by Crippen LogP contribution is -2.30. The number of hydrogen-bond donors (Lipinski definition) is 1. The quantitative estimate of drug-likeness (QED) is 0.335. The van der Waals surface area contributed by atoms with Crippen LogP contribution in [0.5, 0.6) is 11.5 Å². The highest BCUT2D eigenvalue weighted by atomic mass is 35.5. The van der Waals surface area contributed by atoms with Crippen LogP contribution in [0.4, 0.5) is 5.69 Å². The first kappa shape index (κ1) is 22.4. The summed E-state index contributed by atoms with van der Waals surface area (Å²) >= 11 is 6.11. The van der Waals surface area contributed by atoms with Gasteiger partial charge in [-0.2, -0.15) is 0 Å². The number of aliphatic hydroxyl groups is 1. The Balaban J connectivity index is 1.99. The zero-order valence-corrected chi connectivity index (χ0v) is 19.0. The number of amides is 1. The Bertz CT molecular complexity index is 1270. The number of pyridine rings is 1. The summed E-state index contributed by atoms with van der Waals surface area (Å²) in [7, 11) is 2.94. The third kappa shape index (κ3) is 3.91. The van der Waals surface area contributed by atoms with E-state index in [9.17, 15) is 14.7 Å². The molecular formula is C25H21ClN2O5. The Morgan fingerprint density at radius 1 is 1.06 bits per heavy atom. The van der Waals surface area contributed by atoms with Gasteiger partial charge in [0.1, 0.15) is 23.3 Å². The molecule has 1 aliphatic heterocycles. The number of carbonyl (C=O) groups is 2. The molecule has 1 atom stereocenters. The highest BCUT2D eigenvalue weighted by Crippen LogP contribution is 2.44. The van der Waals surface area contributed by atoms with Crippen molar-refractivity contribution >= 4 is 34.7 Å². The van der Waals surface area contributed by atoms with Gasteiger partial charge in [0.2, 0.25) is 0 Å². The minimum Gasteiger partial charge on any atom is -0.507 e. The van der Waals surface area contributed by atoms with Gasteiger partial charge in [0.15, 0.2) is 0 Å². The molecule has 0 bridgehead atoms. The fourth-order valence-corrected chi connectivity index (χ4v) is 4.16. The molecule has 1 aromatic heterocycles. The number of carbonyl (C=O) groups excluding carboxylic acids is 2. The third-order valence-electron chi connectivity index (χ3n) is 5.49. The molecule has 168 valence electrons. The van der Waals surface area contributed by atoms with E-state index in [0.717, 1.165) is 0 Å². The Labute approximate surface area is 195 Å². The van der Waals surface area contributed by atoms with Crippen molar-refractivity contribution in [1.29, 1.82) is 0 Å². The van der Waals surface area contributed by atoms with E-state index in [2.05, 4.69) is 4.98 Å². The van der Waals surface area contributed by atoms with Crippen molar-refractivity contribution in [3.05, 3.63) is 88.2 Å². The van der Waals surface area contributed by atoms with E-state index < -0.39 is 17.7 Å². The van der Waals surface area contributed by atoms with E-state index in [0.29, 0.717) is 33.5 Å². The van der Waals surface area contributed by atoms with Crippen molar-refractivity contribution in [3.8, 4) is 11.5 Å². The number of ether oxygens (including phenoxy) is 2. The van der Waals surface area contributed by atoms with Crippen LogP contribution >= 0.6 is 11.6 Å². The zero-order chi connectivity index (χ0) is 23.7. The van der Waals surface area contributed by atoms with Gasteiger partial charge in [-0.1, -0.05) is 17.7 Å². The van der Waals surface area contributed by atoms with Crippen LogP contribution in [-0.4, -0.2) is 36.0 Å². The summed E-state index contributed by atoms with van der Waals surface area (Å²) in [5, 5.41) is 11.8. The van der Waals surface area contributed by atoms with Gasteiger partial charge in [-0.05, 0) is 61.0 Å². The number of ketones is 1. The largest absolute Gasteiger partial charge is 0.507 e. The van der Waals surface area contributed by atoms with Gasteiger partial charge < -0.3 is 14.6 Å². The lowest BCUT2D eigenvalue weighted by atomic mass is 9.97. The van der Waals surface area contributed by atoms with Crippen LogP contribution in [0.25, 0.3) is 5.76 Å². The number of halogens is 1. The van der Waals surface area contributed by atoms with Crippen molar-refractivity contribution < 1.29 is 24.2 Å². The maximum Gasteiger partial charge on any atom is 0.300 e. The first-order valence-corrected chi connectivity index (χ1v) is 10.5. The van der Waals surface area contributed by atoms with Gasteiger partial charge in [-0.15, -0.1) is 0 Å². The molecule has 2 aromatic carbocycles. The second kappa shape index (κ2) is 8.96. The fourth-order valence-electron chi connectivity index (χ4n) is 3.93. The third-order valence-corrected chi connectivity index (χ3v) is 5.73. The maximum absolute atomic E-state index is 13.3. The van der Waals surface area contributed by atoms with E-state index >= 15 is 0 Å². The predicted octanol–water partition coefficient (Wildman–Crippen LogP) is 4.69. The van der Waals surface area contributed by atoms with Crippen molar-refractivity contribution in [2.24, 2.45) is 0 Å². The van der Waals surface area contributed by atoms with Gasteiger partial charge in [0, 0.05) is 16.9 Å². The molecule has 1 aliphatic rings. The molecule has 33 heavy (non-hydrogen) atoms. The van der Waals surface area contributed by atoms with Gasteiger partial charge in [0.05, 0.1) is 31.1 Å².